The van der Waals surface area contributed by atoms with E-state index in [2.05, 4.69) is 42.2 Å². The molecule has 2 aromatic carbocycles. The third-order valence-corrected chi connectivity index (χ3v) is 5.37. The Balaban J connectivity index is 1.58. The van der Waals surface area contributed by atoms with Crippen LogP contribution in [0.15, 0.2) is 60.7 Å². The first-order valence-corrected chi connectivity index (χ1v) is 9.94. The summed E-state index contributed by atoms with van der Waals surface area (Å²) in [5.74, 6) is -0.0144. The van der Waals surface area contributed by atoms with Crippen LogP contribution in [-0.4, -0.2) is 35.0 Å². The molecular weight excluding hydrogens is 336 g/mol. The largest absolute Gasteiger partial charge is 0.296 e. The molecule has 1 saturated heterocycles. The molecular formula is C23H30N2O2. The van der Waals surface area contributed by atoms with Crippen molar-refractivity contribution < 1.29 is 9.63 Å². The van der Waals surface area contributed by atoms with Crippen LogP contribution in [0.1, 0.15) is 50.3 Å². The summed E-state index contributed by atoms with van der Waals surface area (Å²) in [4.78, 5) is 20.6. The molecule has 4 nitrogen and oxygen atoms in total. The number of hydroxylamine groups is 2. The molecule has 1 unspecified atom stereocenters. The van der Waals surface area contributed by atoms with Gasteiger partial charge in [0, 0.05) is 26.1 Å². The van der Waals surface area contributed by atoms with Crippen LogP contribution in [0.2, 0.25) is 0 Å². The molecule has 0 saturated carbocycles. The van der Waals surface area contributed by atoms with E-state index >= 15 is 0 Å². The van der Waals surface area contributed by atoms with Crippen molar-refractivity contribution >= 4 is 5.91 Å². The van der Waals surface area contributed by atoms with Crippen molar-refractivity contribution in [2.75, 3.05) is 13.1 Å². The van der Waals surface area contributed by atoms with Gasteiger partial charge in [-0.2, -0.15) is 0 Å². The van der Waals surface area contributed by atoms with Crippen molar-refractivity contribution in [3.05, 3.63) is 71.8 Å². The predicted octanol–water partition coefficient (Wildman–Crippen LogP) is 4.58. The maximum atomic E-state index is 12.1. The van der Waals surface area contributed by atoms with Gasteiger partial charge in [0.1, 0.15) is 6.61 Å². The van der Waals surface area contributed by atoms with E-state index in [-0.39, 0.29) is 11.9 Å². The molecule has 1 heterocycles. The highest BCUT2D eigenvalue weighted by Crippen LogP contribution is 2.29. The van der Waals surface area contributed by atoms with Crippen molar-refractivity contribution in [3.8, 4) is 0 Å². The number of benzene rings is 2. The summed E-state index contributed by atoms with van der Waals surface area (Å²) < 4.78 is 0. The maximum absolute atomic E-state index is 12.1. The zero-order chi connectivity index (χ0) is 19.1. The van der Waals surface area contributed by atoms with Gasteiger partial charge in [-0.3, -0.25) is 14.5 Å². The van der Waals surface area contributed by atoms with E-state index in [0.29, 0.717) is 12.6 Å². The first-order valence-electron chi connectivity index (χ1n) is 9.94. The molecule has 0 aromatic heterocycles. The first-order chi connectivity index (χ1) is 13.2. The molecule has 4 heteroatoms. The highest BCUT2D eigenvalue weighted by Gasteiger charge is 2.30. The molecule has 0 N–H and O–H groups in total. The zero-order valence-corrected chi connectivity index (χ0v) is 16.4. The van der Waals surface area contributed by atoms with Gasteiger partial charge >= 0.3 is 0 Å². The molecule has 0 bridgehead atoms. The van der Waals surface area contributed by atoms with Gasteiger partial charge in [-0.25, -0.2) is 5.06 Å². The Morgan fingerprint density at radius 1 is 1.07 bits per heavy atom. The Hall–Kier alpha value is -2.17. The van der Waals surface area contributed by atoms with E-state index in [0.717, 1.165) is 37.9 Å². The molecule has 1 aliphatic rings. The number of nitrogens with zero attached hydrogens (tertiary/aromatic N) is 2. The van der Waals surface area contributed by atoms with Gasteiger partial charge in [0.2, 0.25) is 5.91 Å². The Bertz CT molecular complexity index is 697. The zero-order valence-electron chi connectivity index (χ0n) is 16.4. The van der Waals surface area contributed by atoms with Gasteiger partial charge in [0.25, 0.3) is 0 Å². The lowest BCUT2D eigenvalue weighted by Crippen LogP contribution is -2.47. The average molecular weight is 367 g/mol. The third-order valence-electron chi connectivity index (χ3n) is 5.37. The minimum absolute atomic E-state index is 0.0144. The number of likely N-dealkylation sites (tertiary alicyclic amines) is 1. The van der Waals surface area contributed by atoms with Gasteiger partial charge in [0.15, 0.2) is 0 Å². The number of piperidine rings is 1. The molecule has 1 atom stereocenters. The molecule has 0 spiro atoms. The van der Waals surface area contributed by atoms with Gasteiger partial charge in [-0.1, -0.05) is 67.6 Å². The monoisotopic (exact) mass is 366 g/mol. The highest BCUT2D eigenvalue weighted by atomic mass is 16.7. The average Bonchev–Trinajstić information content (AvgIpc) is 2.71. The number of rotatable bonds is 7. The van der Waals surface area contributed by atoms with Gasteiger partial charge in [-0.05, 0) is 30.4 Å². The van der Waals surface area contributed by atoms with Crippen LogP contribution in [-0.2, 0) is 16.2 Å². The highest BCUT2D eigenvalue weighted by molar-refractivity contribution is 5.72. The number of carbonyl (C=O) groups is 1. The van der Waals surface area contributed by atoms with Crippen LogP contribution in [0.4, 0.5) is 0 Å². The second-order valence-corrected chi connectivity index (χ2v) is 7.21. The van der Waals surface area contributed by atoms with E-state index in [1.54, 1.807) is 12.0 Å². The lowest BCUT2D eigenvalue weighted by molar-refractivity contribution is -0.209. The molecule has 1 amide bonds. The van der Waals surface area contributed by atoms with E-state index in [9.17, 15) is 4.79 Å². The van der Waals surface area contributed by atoms with Gasteiger partial charge in [-0.15, -0.1) is 0 Å². The maximum Gasteiger partial charge on any atom is 0.243 e. The molecule has 27 heavy (non-hydrogen) atoms. The van der Waals surface area contributed by atoms with Crippen LogP contribution in [0.25, 0.3) is 0 Å². The molecule has 2 aromatic rings. The summed E-state index contributed by atoms with van der Waals surface area (Å²) in [6.45, 7) is 6.24. The predicted molar refractivity (Wildman–Crippen MR) is 108 cm³/mol. The van der Waals surface area contributed by atoms with Crippen molar-refractivity contribution in [3.63, 3.8) is 0 Å². The second-order valence-electron chi connectivity index (χ2n) is 7.21. The van der Waals surface area contributed by atoms with Crippen LogP contribution in [0.5, 0.6) is 0 Å². The quantitative estimate of drug-likeness (QED) is 0.672. The summed E-state index contributed by atoms with van der Waals surface area (Å²) in [5, 5.41) is 1.60. The fraction of sp³-hybridized carbons (Fsp3) is 0.435. The minimum Gasteiger partial charge on any atom is -0.296 e. The Morgan fingerprint density at radius 2 is 1.67 bits per heavy atom. The molecule has 144 valence electrons. The number of hydrogen-bond donors (Lipinski definition) is 0. The van der Waals surface area contributed by atoms with Crippen molar-refractivity contribution in [2.24, 2.45) is 0 Å². The molecule has 3 rings (SSSR count). The molecule has 1 fully saturated rings. The minimum atomic E-state index is -0.0144. The lowest BCUT2D eigenvalue weighted by atomic mass is 9.97. The Labute approximate surface area is 162 Å². The summed E-state index contributed by atoms with van der Waals surface area (Å²) in [6.07, 6.45) is 2.98. The van der Waals surface area contributed by atoms with Crippen LogP contribution in [0, 0.1) is 0 Å². The molecule has 0 aliphatic carbocycles. The lowest BCUT2D eigenvalue weighted by Gasteiger charge is -2.40. The van der Waals surface area contributed by atoms with Gasteiger partial charge < -0.3 is 0 Å². The van der Waals surface area contributed by atoms with E-state index in [1.165, 1.54) is 5.56 Å². The summed E-state index contributed by atoms with van der Waals surface area (Å²) in [6, 6.07) is 21.3. The van der Waals surface area contributed by atoms with Crippen molar-refractivity contribution in [1.29, 1.82) is 0 Å². The standard InChI is InChI=1S/C23H30N2O2/c1-3-23(21-12-8-5-9-13-21)24-16-14-22(15-17-24)25(19(2)26)27-18-20-10-6-4-7-11-20/h4-13,22-23H,3,14-18H2,1-2H3. The Kier molecular flexibility index (Phi) is 7.02. The summed E-state index contributed by atoms with van der Waals surface area (Å²) >= 11 is 0. The van der Waals surface area contributed by atoms with Crippen molar-refractivity contribution in [2.45, 2.75) is 51.8 Å². The third kappa shape index (κ3) is 5.18. The van der Waals surface area contributed by atoms with E-state index < -0.39 is 0 Å². The van der Waals surface area contributed by atoms with Crippen LogP contribution >= 0.6 is 0 Å². The molecule has 0 radical (unpaired) electrons. The Morgan fingerprint density at radius 3 is 2.22 bits per heavy atom. The topological polar surface area (TPSA) is 32.8 Å². The SMILES string of the molecule is CCC(c1ccccc1)N1CCC(N(OCc2ccccc2)C(C)=O)CC1. The van der Waals surface area contributed by atoms with Crippen LogP contribution < -0.4 is 0 Å². The number of hydrogen-bond acceptors (Lipinski definition) is 3. The van der Waals surface area contributed by atoms with Crippen LogP contribution in [0.3, 0.4) is 0 Å². The van der Waals surface area contributed by atoms with E-state index in [4.69, 9.17) is 4.84 Å². The van der Waals surface area contributed by atoms with E-state index in [1.807, 2.05) is 30.3 Å². The number of amides is 1. The second kappa shape index (κ2) is 9.67. The number of carbonyl (C=O) groups excluding carboxylic acids is 1. The smallest absolute Gasteiger partial charge is 0.243 e. The summed E-state index contributed by atoms with van der Waals surface area (Å²) in [5.41, 5.74) is 2.46. The van der Waals surface area contributed by atoms with Crippen molar-refractivity contribution in [1.82, 2.24) is 9.96 Å². The summed E-state index contributed by atoms with van der Waals surface area (Å²) in [7, 11) is 0. The molecule has 1 aliphatic heterocycles. The fourth-order valence-electron chi connectivity index (χ4n) is 3.98. The first kappa shape index (κ1) is 19.6. The fourth-order valence-corrected chi connectivity index (χ4v) is 3.98. The van der Waals surface area contributed by atoms with Gasteiger partial charge in [0.05, 0.1) is 6.04 Å². The normalized spacial score (nSPS) is 16.8.